The average Bonchev–Trinajstić information content (AvgIpc) is 2.38. The van der Waals surface area contributed by atoms with E-state index in [0.29, 0.717) is 6.54 Å². The highest BCUT2D eigenvalue weighted by Gasteiger charge is 2.19. The average molecular weight is 368 g/mol. The molecule has 20 heavy (non-hydrogen) atoms. The van der Waals surface area contributed by atoms with Gasteiger partial charge < -0.3 is 10.6 Å². The molecule has 8 heteroatoms. The third kappa shape index (κ3) is 4.41. The van der Waals surface area contributed by atoms with Gasteiger partial charge in [0.2, 0.25) is 10.0 Å². The van der Waals surface area contributed by atoms with Crippen molar-refractivity contribution in [2.24, 2.45) is 0 Å². The molecule has 0 bridgehead atoms. The summed E-state index contributed by atoms with van der Waals surface area (Å²) < 4.78 is 40.1. The molecule has 0 unspecified atom stereocenters. The number of nitrogens with zero attached hydrogens (tertiary/aromatic N) is 1. The molecular weight excluding hydrogens is 349 g/mol. The van der Waals surface area contributed by atoms with Crippen LogP contribution in [-0.4, -0.2) is 39.5 Å². The van der Waals surface area contributed by atoms with Crippen LogP contribution in [0.25, 0.3) is 0 Å². The zero-order chi connectivity index (χ0) is 15.3. The molecule has 114 valence electrons. The fraction of sp³-hybridized carbons (Fsp3) is 0.500. The van der Waals surface area contributed by atoms with Gasteiger partial charge in [-0.15, -0.1) is 0 Å². The van der Waals surface area contributed by atoms with Crippen molar-refractivity contribution in [2.75, 3.05) is 31.9 Å². The molecule has 1 rings (SSSR count). The fourth-order valence-corrected chi connectivity index (χ4v) is 3.77. The van der Waals surface area contributed by atoms with Crippen LogP contribution in [0.4, 0.5) is 10.1 Å². The molecule has 3 N–H and O–H groups in total. The molecule has 0 aliphatic rings. The van der Waals surface area contributed by atoms with Gasteiger partial charge in [-0.2, -0.15) is 0 Å². The van der Waals surface area contributed by atoms with Gasteiger partial charge in [-0.05, 0) is 41.2 Å². The number of likely N-dealkylation sites (N-methyl/N-ethyl adjacent to an activating group) is 1. The van der Waals surface area contributed by atoms with E-state index in [-0.39, 0.29) is 21.6 Å². The smallest absolute Gasteiger partial charge is 0.241 e. The number of hydrogen-bond donors (Lipinski definition) is 2. The molecule has 1 aromatic carbocycles. The quantitative estimate of drug-likeness (QED) is 0.720. The Hall–Kier alpha value is -0.700. The summed E-state index contributed by atoms with van der Waals surface area (Å²) in [5, 5.41) is 0. The highest BCUT2D eigenvalue weighted by Crippen LogP contribution is 2.26. The molecule has 0 aliphatic heterocycles. The van der Waals surface area contributed by atoms with Crippen LogP contribution in [-0.2, 0) is 10.0 Å². The number of halogens is 2. The first-order valence-electron chi connectivity index (χ1n) is 6.28. The fourth-order valence-electron chi connectivity index (χ4n) is 1.71. The van der Waals surface area contributed by atoms with Crippen LogP contribution >= 0.6 is 15.9 Å². The third-order valence-electron chi connectivity index (χ3n) is 2.96. The van der Waals surface area contributed by atoms with Crippen molar-refractivity contribution >= 4 is 31.6 Å². The first-order chi connectivity index (χ1) is 9.31. The molecule has 1 aromatic rings. The van der Waals surface area contributed by atoms with Crippen LogP contribution in [0.15, 0.2) is 21.5 Å². The van der Waals surface area contributed by atoms with Crippen molar-refractivity contribution in [3.63, 3.8) is 0 Å². The minimum atomic E-state index is -3.71. The Bertz CT molecular complexity index is 562. The lowest BCUT2D eigenvalue weighted by Gasteiger charge is -2.18. The molecule has 0 heterocycles. The molecule has 0 amide bonds. The molecule has 0 fully saturated rings. The predicted octanol–water partition coefficient (Wildman–Crippen LogP) is 1.79. The topological polar surface area (TPSA) is 75.4 Å². The summed E-state index contributed by atoms with van der Waals surface area (Å²) in [7, 11) is -3.71. The van der Waals surface area contributed by atoms with E-state index in [2.05, 4.69) is 25.6 Å². The summed E-state index contributed by atoms with van der Waals surface area (Å²) in [4.78, 5) is 2.03. The Morgan fingerprint density at radius 2 is 1.95 bits per heavy atom. The van der Waals surface area contributed by atoms with Gasteiger partial charge in [0, 0.05) is 17.6 Å². The van der Waals surface area contributed by atoms with E-state index in [0.717, 1.165) is 25.2 Å². The second kappa shape index (κ2) is 7.35. The van der Waals surface area contributed by atoms with Gasteiger partial charge in [-0.1, -0.05) is 13.8 Å². The Balaban J connectivity index is 2.82. The highest BCUT2D eigenvalue weighted by molar-refractivity contribution is 9.10. The molecule has 0 saturated heterocycles. The first-order valence-corrected chi connectivity index (χ1v) is 8.56. The van der Waals surface area contributed by atoms with E-state index in [1.165, 1.54) is 0 Å². The van der Waals surface area contributed by atoms with Crippen molar-refractivity contribution in [3.05, 3.63) is 22.4 Å². The second-order valence-corrected chi connectivity index (χ2v) is 6.82. The minimum absolute atomic E-state index is 0.0593. The number of sulfonamides is 1. The number of rotatable bonds is 7. The summed E-state index contributed by atoms with van der Waals surface area (Å²) in [5.41, 5.74) is 5.21. The van der Waals surface area contributed by atoms with Crippen LogP contribution in [0.2, 0.25) is 0 Å². The van der Waals surface area contributed by atoms with Gasteiger partial charge >= 0.3 is 0 Å². The van der Waals surface area contributed by atoms with E-state index < -0.39 is 15.8 Å². The van der Waals surface area contributed by atoms with Gasteiger partial charge in [0.05, 0.1) is 10.6 Å². The first kappa shape index (κ1) is 17.4. The number of nitrogens with two attached hydrogens (primary N) is 1. The monoisotopic (exact) mass is 367 g/mol. The Kier molecular flexibility index (Phi) is 6.38. The zero-order valence-electron chi connectivity index (χ0n) is 11.5. The molecule has 0 aliphatic carbocycles. The molecule has 0 saturated carbocycles. The standard InChI is InChI=1S/C12H19BrFN3O2S/c1-3-17(4-2)6-5-16-20(18,19)12-8-11(15)10(14)7-9(12)13/h7-8,16H,3-6,15H2,1-2H3. The normalized spacial score (nSPS) is 12.1. The summed E-state index contributed by atoms with van der Waals surface area (Å²) in [5.74, 6) is -0.654. The van der Waals surface area contributed by atoms with Crippen molar-refractivity contribution in [1.29, 1.82) is 0 Å². The van der Waals surface area contributed by atoms with Crippen molar-refractivity contribution in [1.82, 2.24) is 9.62 Å². The maximum atomic E-state index is 13.2. The Morgan fingerprint density at radius 3 is 2.50 bits per heavy atom. The van der Waals surface area contributed by atoms with Crippen LogP contribution in [0.5, 0.6) is 0 Å². The summed E-state index contributed by atoms with van der Waals surface area (Å²) in [6, 6.07) is 2.16. The van der Waals surface area contributed by atoms with E-state index in [1.807, 2.05) is 13.8 Å². The number of benzene rings is 1. The van der Waals surface area contributed by atoms with Gasteiger partial charge in [-0.3, -0.25) is 0 Å². The Morgan fingerprint density at radius 1 is 1.35 bits per heavy atom. The summed E-state index contributed by atoms with van der Waals surface area (Å²) in [6.07, 6.45) is 0. The van der Waals surface area contributed by atoms with Crippen molar-refractivity contribution in [2.45, 2.75) is 18.7 Å². The van der Waals surface area contributed by atoms with Gasteiger partial charge in [0.1, 0.15) is 5.82 Å². The Labute approximate surface area is 127 Å². The molecule has 0 aromatic heterocycles. The minimum Gasteiger partial charge on any atom is -0.396 e. The maximum Gasteiger partial charge on any atom is 0.241 e. The lowest BCUT2D eigenvalue weighted by molar-refractivity contribution is 0.309. The molecule has 0 radical (unpaired) electrons. The van der Waals surface area contributed by atoms with Crippen LogP contribution in [0.3, 0.4) is 0 Å². The van der Waals surface area contributed by atoms with Crippen LogP contribution in [0.1, 0.15) is 13.8 Å². The molecule has 5 nitrogen and oxygen atoms in total. The molecular formula is C12H19BrFN3O2S. The molecule has 0 spiro atoms. The number of hydrogen-bond acceptors (Lipinski definition) is 4. The lowest BCUT2D eigenvalue weighted by Crippen LogP contribution is -2.35. The van der Waals surface area contributed by atoms with E-state index in [1.54, 1.807) is 0 Å². The largest absolute Gasteiger partial charge is 0.396 e. The second-order valence-electron chi connectivity index (χ2n) is 4.23. The number of nitrogens with one attached hydrogen (secondary N) is 1. The van der Waals surface area contributed by atoms with Gasteiger partial charge in [0.15, 0.2) is 0 Å². The van der Waals surface area contributed by atoms with Crippen LogP contribution in [0, 0.1) is 5.82 Å². The van der Waals surface area contributed by atoms with Gasteiger partial charge in [0.25, 0.3) is 0 Å². The predicted molar refractivity (Wildman–Crippen MR) is 81.5 cm³/mol. The zero-order valence-corrected chi connectivity index (χ0v) is 13.9. The van der Waals surface area contributed by atoms with E-state index in [9.17, 15) is 12.8 Å². The van der Waals surface area contributed by atoms with Crippen LogP contribution < -0.4 is 10.5 Å². The van der Waals surface area contributed by atoms with E-state index in [4.69, 9.17) is 5.73 Å². The van der Waals surface area contributed by atoms with Gasteiger partial charge in [-0.25, -0.2) is 17.5 Å². The number of nitrogen functional groups attached to an aromatic ring is 1. The SMILES string of the molecule is CCN(CC)CCNS(=O)(=O)c1cc(N)c(F)cc1Br. The maximum absolute atomic E-state index is 13.2. The number of anilines is 1. The van der Waals surface area contributed by atoms with E-state index >= 15 is 0 Å². The third-order valence-corrected chi connectivity index (χ3v) is 5.37. The summed E-state index contributed by atoms with van der Waals surface area (Å²) in [6.45, 7) is 6.62. The van der Waals surface area contributed by atoms with Crippen molar-refractivity contribution < 1.29 is 12.8 Å². The lowest BCUT2D eigenvalue weighted by atomic mass is 10.3. The van der Waals surface area contributed by atoms with Crippen molar-refractivity contribution in [3.8, 4) is 0 Å². The molecule has 0 atom stereocenters. The summed E-state index contributed by atoms with van der Waals surface area (Å²) >= 11 is 3.04. The highest BCUT2D eigenvalue weighted by atomic mass is 79.9.